The lowest BCUT2D eigenvalue weighted by atomic mass is 10.2. The first-order valence-corrected chi connectivity index (χ1v) is 3.95. The van der Waals surface area contributed by atoms with Crippen molar-refractivity contribution in [1.29, 1.82) is 0 Å². The van der Waals surface area contributed by atoms with Crippen LogP contribution < -0.4 is 0 Å². The fourth-order valence-corrected chi connectivity index (χ4v) is 1.32. The molecule has 1 heterocycles. The van der Waals surface area contributed by atoms with E-state index >= 15 is 0 Å². The predicted molar refractivity (Wildman–Crippen MR) is 50.8 cm³/mol. The van der Waals surface area contributed by atoms with Gasteiger partial charge >= 0.3 is 0 Å². The molecule has 0 atom stereocenters. The molecule has 1 aromatic heterocycles. The summed E-state index contributed by atoms with van der Waals surface area (Å²) in [5, 5.41) is 0. The van der Waals surface area contributed by atoms with E-state index in [4.69, 9.17) is 0 Å². The van der Waals surface area contributed by atoms with E-state index in [1.54, 1.807) is 17.0 Å². The third-order valence-corrected chi connectivity index (χ3v) is 2.06. The Kier molecular flexibility index (Phi) is 1.65. The van der Waals surface area contributed by atoms with E-state index in [1.807, 2.05) is 7.05 Å². The first-order chi connectivity index (χ1) is 6.22. The third-order valence-electron chi connectivity index (χ3n) is 2.06. The Morgan fingerprint density at radius 1 is 1.54 bits per heavy atom. The molecule has 0 amide bonds. The summed E-state index contributed by atoms with van der Waals surface area (Å²) >= 11 is 0. The zero-order valence-electron chi connectivity index (χ0n) is 7.29. The summed E-state index contributed by atoms with van der Waals surface area (Å²) in [6.07, 6.45) is 3.15. The van der Waals surface area contributed by atoms with Gasteiger partial charge < -0.3 is 4.57 Å². The van der Waals surface area contributed by atoms with Crippen LogP contribution >= 0.6 is 0 Å². The van der Waals surface area contributed by atoms with Crippen molar-refractivity contribution in [2.75, 3.05) is 0 Å². The van der Waals surface area contributed by atoms with Crippen LogP contribution in [0.4, 0.5) is 4.39 Å². The maximum atomic E-state index is 13.3. The molecule has 66 valence electrons. The summed E-state index contributed by atoms with van der Waals surface area (Å²) in [4.78, 5) is 4.12. The molecule has 0 unspecified atom stereocenters. The number of hydrogen-bond acceptors (Lipinski definition) is 1. The first kappa shape index (κ1) is 7.98. The molecule has 2 aromatic rings. The molecular weight excluding hydrogens is 167 g/mol. The summed E-state index contributed by atoms with van der Waals surface area (Å²) in [5.41, 5.74) is 2.08. The molecule has 0 N–H and O–H groups in total. The SMILES string of the molecule is C=Cc1cc2ncn(C)c2cc1F. The number of hydrogen-bond donors (Lipinski definition) is 0. The zero-order chi connectivity index (χ0) is 9.42. The largest absolute Gasteiger partial charge is 0.334 e. The van der Waals surface area contributed by atoms with Crippen LogP contribution in [0.5, 0.6) is 0 Å². The second kappa shape index (κ2) is 2.69. The van der Waals surface area contributed by atoms with Gasteiger partial charge in [-0.3, -0.25) is 0 Å². The van der Waals surface area contributed by atoms with Gasteiger partial charge in [-0.1, -0.05) is 12.7 Å². The molecule has 0 saturated carbocycles. The van der Waals surface area contributed by atoms with Gasteiger partial charge in [-0.05, 0) is 6.07 Å². The van der Waals surface area contributed by atoms with E-state index in [0.717, 1.165) is 11.0 Å². The average molecular weight is 176 g/mol. The highest BCUT2D eigenvalue weighted by Crippen LogP contribution is 2.18. The van der Waals surface area contributed by atoms with Crippen LogP contribution in [0.3, 0.4) is 0 Å². The van der Waals surface area contributed by atoms with Gasteiger partial charge in [0.05, 0.1) is 17.4 Å². The Bertz CT molecular complexity index is 471. The van der Waals surface area contributed by atoms with Gasteiger partial charge in [-0.2, -0.15) is 0 Å². The molecule has 0 aliphatic heterocycles. The topological polar surface area (TPSA) is 17.8 Å². The Labute approximate surface area is 75.3 Å². The second-order valence-corrected chi connectivity index (χ2v) is 2.92. The standard InChI is InChI=1S/C10H9FN2/c1-3-7-4-9-10(5-8(7)11)13(2)6-12-9/h3-6H,1H2,2H3. The zero-order valence-corrected chi connectivity index (χ0v) is 7.29. The smallest absolute Gasteiger partial charge is 0.132 e. The average Bonchev–Trinajstić information content (AvgIpc) is 2.47. The van der Waals surface area contributed by atoms with Crippen molar-refractivity contribution in [3.63, 3.8) is 0 Å². The molecule has 0 spiro atoms. The van der Waals surface area contributed by atoms with Gasteiger partial charge in [0.2, 0.25) is 0 Å². The fraction of sp³-hybridized carbons (Fsp3) is 0.100. The molecule has 1 aromatic carbocycles. The molecule has 0 saturated heterocycles. The van der Waals surface area contributed by atoms with E-state index in [-0.39, 0.29) is 5.82 Å². The summed E-state index contributed by atoms with van der Waals surface area (Å²) in [7, 11) is 1.84. The number of fused-ring (bicyclic) bond motifs is 1. The number of benzene rings is 1. The number of rotatable bonds is 1. The maximum Gasteiger partial charge on any atom is 0.132 e. The van der Waals surface area contributed by atoms with Gasteiger partial charge in [-0.15, -0.1) is 0 Å². The number of halogens is 1. The predicted octanol–water partition coefficient (Wildman–Crippen LogP) is 2.36. The highest BCUT2D eigenvalue weighted by atomic mass is 19.1. The molecular formula is C10H9FN2. The lowest BCUT2D eigenvalue weighted by Crippen LogP contribution is -1.87. The van der Waals surface area contributed by atoms with Gasteiger partial charge in [0, 0.05) is 18.7 Å². The molecule has 13 heavy (non-hydrogen) atoms. The summed E-state index contributed by atoms with van der Waals surface area (Å²) < 4.78 is 15.0. The molecule has 2 rings (SSSR count). The summed E-state index contributed by atoms with van der Waals surface area (Å²) in [5.74, 6) is -0.258. The van der Waals surface area contributed by atoms with Crippen LogP contribution in [0.25, 0.3) is 17.1 Å². The minimum atomic E-state index is -0.258. The maximum absolute atomic E-state index is 13.3. The Morgan fingerprint density at radius 3 is 3.00 bits per heavy atom. The Hall–Kier alpha value is -1.64. The van der Waals surface area contributed by atoms with Gasteiger partial charge in [0.15, 0.2) is 0 Å². The van der Waals surface area contributed by atoms with Crippen LogP contribution in [0.15, 0.2) is 25.0 Å². The van der Waals surface area contributed by atoms with Crippen molar-refractivity contribution in [3.05, 3.63) is 36.4 Å². The van der Waals surface area contributed by atoms with Gasteiger partial charge in [0.1, 0.15) is 5.82 Å². The Balaban J connectivity index is 2.83. The van der Waals surface area contributed by atoms with Crippen LogP contribution in [-0.4, -0.2) is 9.55 Å². The van der Waals surface area contributed by atoms with E-state index in [2.05, 4.69) is 11.6 Å². The summed E-state index contributed by atoms with van der Waals surface area (Å²) in [6, 6.07) is 3.16. The van der Waals surface area contributed by atoms with Crippen LogP contribution in [-0.2, 0) is 7.05 Å². The summed E-state index contributed by atoms with van der Waals surface area (Å²) in [6.45, 7) is 3.53. The molecule has 0 radical (unpaired) electrons. The van der Waals surface area contributed by atoms with E-state index in [1.165, 1.54) is 12.1 Å². The molecule has 2 nitrogen and oxygen atoms in total. The van der Waals surface area contributed by atoms with Crippen molar-refractivity contribution in [2.24, 2.45) is 7.05 Å². The number of aryl methyl sites for hydroxylation is 1. The van der Waals surface area contributed by atoms with Crippen molar-refractivity contribution < 1.29 is 4.39 Å². The molecule has 0 fully saturated rings. The normalized spacial score (nSPS) is 10.6. The monoisotopic (exact) mass is 176 g/mol. The molecule has 3 heteroatoms. The van der Waals surface area contributed by atoms with E-state index in [0.29, 0.717) is 5.56 Å². The van der Waals surface area contributed by atoms with Crippen LogP contribution in [0.2, 0.25) is 0 Å². The van der Waals surface area contributed by atoms with Gasteiger partial charge in [0.25, 0.3) is 0 Å². The van der Waals surface area contributed by atoms with Crippen LogP contribution in [0.1, 0.15) is 5.56 Å². The van der Waals surface area contributed by atoms with Crippen molar-refractivity contribution in [1.82, 2.24) is 9.55 Å². The van der Waals surface area contributed by atoms with Gasteiger partial charge in [-0.25, -0.2) is 9.37 Å². The third kappa shape index (κ3) is 1.13. The van der Waals surface area contributed by atoms with Crippen LogP contribution in [0, 0.1) is 5.82 Å². The minimum absolute atomic E-state index is 0.258. The number of imidazole rings is 1. The van der Waals surface area contributed by atoms with Crippen molar-refractivity contribution >= 4 is 17.1 Å². The van der Waals surface area contributed by atoms with E-state index in [9.17, 15) is 4.39 Å². The van der Waals surface area contributed by atoms with Crippen molar-refractivity contribution in [2.45, 2.75) is 0 Å². The quantitative estimate of drug-likeness (QED) is 0.652. The lowest BCUT2D eigenvalue weighted by molar-refractivity contribution is 0.626. The fourth-order valence-electron chi connectivity index (χ4n) is 1.32. The highest BCUT2D eigenvalue weighted by Gasteiger charge is 2.04. The highest BCUT2D eigenvalue weighted by molar-refractivity contribution is 5.78. The van der Waals surface area contributed by atoms with E-state index < -0.39 is 0 Å². The number of aromatic nitrogens is 2. The molecule has 0 aliphatic rings. The minimum Gasteiger partial charge on any atom is -0.334 e. The second-order valence-electron chi connectivity index (χ2n) is 2.92. The number of nitrogens with zero attached hydrogens (tertiary/aromatic N) is 2. The van der Waals surface area contributed by atoms with Crippen molar-refractivity contribution in [3.8, 4) is 0 Å². The Morgan fingerprint density at radius 2 is 2.31 bits per heavy atom. The lowest BCUT2D eigenvalue weighted by Gasteiger charge is -1.98. The molecule has 0 aliphatic carbocycles. The molecule has 0 bridgehead atoms. The first-order valence-electron chi connectivity index (χ1n) is 3.95.